The third-order valence-corrected chi connectivity index (χ3v) is 2.76. The van der Waals surface area contributed by atoms with Crippen LogP contribution in [0.25, 0.3) is 0 Å². The van der Waals surface area contributed by atoms with Crippen LogP contribution in [-0.2, 0) is 0 Å². The van der Waals surface area contributed by atoms with Gasteiger partial charge >= 0.3 is 0 Å². The second kappa shape index (κ2) is 5.48. The molecule has 0 bridgehead atoms. The fraction of sp³-hybridized carbons (Fsp3) is 0.667. The summed E-state index contributed by atoms with van der Waals surface area (Å²) < 4.78 is 0. The number of anilines is 1. The van der Waals surface area contributed by atoms with Gasteiger partial charge in [-0.2, -0.15) is 0 Å². The van der Waals surface area contributed by atoms with Crippen LogP contribution in [0.5, 0.6) is 0 Å². The summed E-state index contributed by atoms with van der Waals surface area (Å²) in [4.78, 5) is 8.42. The molecular weight excluding hydrogens is 222 g/mol. The van der Waals surface area contributed by atoms with E-state index in [2.05, 4.69) is 36.1 Å². The molecule has 1 aromatic heterocycles. The summed E-state index contributed by atoms with van der Waals surface area (Å²) in [5, 5.41) is 3.43. The summed E-state index contributed by atoms with van der Waals surface area (Å²) in [5.74, 6) is 2.31. The van der Waals surface area contributed by atoms with Gasteiger partial charge < -0.3 is 5.32 Å². The van der Waals surface area contributed by atoms with Gasteiger partial charge in [-0.25, -0.2) is 9.97 Å². The predicted molar refractivity (Wildman–Crippen MR) is 69.0 cm³/mol. The Morgan fingerprint density at radius 2 is 2.12 bits per heavy atom. The summed E-state index contributed by atoms with van der Waals surface area (Å²) >= 11 is 5.83. The summed E-state index contributed by atoms with van der Waals surface area (Å²) in [6.07, 6.45) is 2.69. The standard InChI is InChI=1S/C12H20ClN3/c1-9-14-8-6-11(15-9)16-10(5-7-13)12(2,3)4/h6,8,10H,5,7H2,1-4H3,(H,14,15,16). The Bertz CT molecular complexity index is 333. The molecule has 90 valence electrons. The van der Waals surface area contributed by atoms with Crippen molar-refractivity contribution in [1.29, 1.82) is 0 Å². The molecule has 1 N–H and O–H groups in total. The van der Waals surface area contributed by atoms with E-state index in [1.54, 1.807) is 6.20 Å². The number of aryl methyl sites for hydroxylation is 1. The van der Waals surface area contributed by atoms with E-state index in [9.17, 15) is 0 Å². The molecule has 0 saturated carbocycles. The number of halogens is 1. The maximum absolute atomic E-state index is 5.83. The van der Waals surface area contributed by atoms with Gasteiger partial charge in [0.25, 0.3) is 0 Å². The van der Waals surface area contributed by atoms with E-state index in [1.807, 2.05) is 13.0 Å². The molecule has 1 aromatic rings. The van der Waals surface area contributed by atoms with Crippen LogP contribution >= 0.6 is 11.6 Å². The summed E-state index contributed by atoms with van der Waals surface area (Å²) in [5.41, 5.74) is 0.160. The van der Waals surface area contributed by atoms with E-state index >= 15 is 0 Å². The SMILES string of the molecule is Cc1nccc(NC(CCCl)C(C)(C)C)n1. The number of nitrogens with one attached hydrogen (secondary N) is 1. The molecule has 0 aliphatic heterocycles. The zero-order valence-electron chi connectivity index (χ0n) is 10.4. The van der Waals surface area contributed by atoms with Crippen molar-refractivity contribution in [2.75, 3.05) is 11.2 Å². The first-order valence-corrected chi connectivity index (χ1v) is 6.09. The second-order valence-electron chi connectivity index (χ2n) is 5.03. The highest BCUT2D eigenvalue weighted by atomic mass is 35.5. The van der Waals surface area contributed by atoms with Crippen molar-refractivity contribution in [3.8, 4) is 0 Å². The molecule has 0 aromatic carbocycles. The van der Waals surface area contributed by atoms with Crippen LogP contribution in [0.3, 0.4) is 0 Å². The molecule has 0 radical (unpaired) electrons. The Kier molecular flexibility index (Phi) is 4.54. The minimum absolute atomic E-state index is 0.160. The van der Waals surface area contributed by atoms with Gasteiger partial charge in [0.2, 0.25) is 0 Å². The molecule has 0 aliphatic carbocycles. The van der Waals surface area contributed by atoms with Crippen molar-refractivity contribution >= 4 is 17.4 Å². The molecule has 0 saturated heterocycles. The van der Waals surface area contributed by atoms with Crippen LogP contribution in [0.1, 0.15) is 33.0 Å². The Morgan fingerprint density at radius 1 is 1.44 bits per heavy atom. The van der Waals surface area contributed by atoms with Gasteiger partial charge in [-0.3, -0.25) is 0 Å². The van der Waals surface area contributed by atoms with Crippen molar-refractivity contribution in [3.05, 3.63) is 18.1 Å². The number of hydrogen-bond donors (Lipinski definition) is 1. The smallest absolute Gasteiger partial charge is 0.129 e. The zero-order valence-corrected chi connectivity index (χ0v) is 11.2. The van der Waals surface area contributed by atoms with Crippen LogP contribution in [0, 0.1) is 12.3 Å². The van der Waals surface area contributed by atoms with E-state index in [4.69, 9.17) is 11.6 Å². The van der Waals surface area contributed by atoms with Crippen molar-refractivity contribution in [2.45, 2.75) is 40.2 Å². The first-order valence-electron chi connectivity index (χ1n) is 5.55. The number of rotatable bonds is 4. The summed E-state index contributed by atoms with van der Waals surface area (Å²) in [6, 6.07) is 2.21. The molecule has 0 fully saturated rings. The van der Waals surface area contributed by atoms with Gasteiger partial charge in [-0.1, -0.05) is 20.8 Å². The van der Waals surface area contributed by atoms with Crippen molar-refractivity contribution < 1.29 is 0 Å². The summed E-state index contributed by atoms with van der Waals surface area (Å²) in [7, 11) is 0. The van der Waals surface area contributed by atoms with Crippen molar-refractivity contribution in [2.24, 2.45) is 5.41 Å². The molecule has 3 nitrogen and oxygen atoms in total. The minimum Gasteiger partial charge on any atom is -0.367 e. The minimum atomic E-state index is 0.160. The lowest BCUT2D eigenvalue weighted by atomic mass is 9.85. The highest BCUT2D eigenvalue weighted by molar-refractivity contribution is 6.17. The molecular formula is C12H20ClN3. The van der Waals surface area contributed by atoms with Crippen LogP contribution < -0.4 is 5.32 Å². The molecule has 1 heterocycles. The quantitative estimate of drug-likeness (QED) is 0.823. The third-order valence-electron chi connectivity index (χ3n) is 2.54. The van der Waals surface area contributed by atoms with Gasteiger partial charge in [0.15, 0.2) is 0 Å². The molecule has 0 amide bonds. The number of nitrogens with zero attached hydrogens (tertiary/aromatic N) is 2. The Balaban J connectivity index is 2.76. The van der Waals surface area contributed by atoms with Crippen LogP contribution in [0.15, 0.2) is 12.3 Å². The lowest BCUT2D eigenvalue weighted by Gasteiger charge is -2.31. The van der Waals surface area contributed by atoms with Gasteiger partial charge in [-0.05, 0) is 24.8 Å². The lowest BCUT2D eigenvalue weighted by molar-refractivity contribution is 0.334. The largest absolute Gasteiger partial charge is 0.367 e. The number of hydrogen-bond acceptors (Lipinski definition) is 3. The van der Waals surface area contributed by atoms with Gasteiger partial charge in [-0.15, -0.1) is 11.6 Å². The number of alkyl halides is 1. The third kappa shape index (κ3) is 3.97. The molecule has 1 atom stereocenters. The molecule has 16 heavy (non-hydrogen) atoms. The van der Waals surface area contributed by atoms with E-state index in [0.717, 1.165) is 18.1 Å². The van der Waals surface area contributed by atoms with Crippen molar-refractivity contribution in [3.63, 3.8) is 0 Å². The molecule has 1 rings (SSSR count). The van der Waals surface area contributed by atoms with E-state index in [1.165, 1.54) is 0 Å². The maximum atomic E-state index is 5.83. The lowest BCUT2D eigenvalue weighted by Crippen LogP contribution is -2.34. The fourth-order valence-electron chi connectivity index (χ4n) is 1.55. The average molecular weight is 242 g/mol. The summed E-state index contributed by atoms with van der Waals surface area (Å²) in [6.45, 7) is 8.49. The molecule has 0 aliphatic rings. The molecule has 1 unspecified atom stereocenters. The molecule has 4 heteroatoms. The Hall–Kier alpha value is -0.830. The highest BCUT2D eigenvalue weighted by Crippen LogP contribution is 2.25. The highest BCUT2D eigenvalue weighted by Gasteiger charge is 2.24. The average Bonchev–Trinajstić information content (AvgIpc) is 2.16. The number of aromatic nitrogens is 2. The fourth-order valence-corrected chi connectivity index (χ4v) is 1.76. The Labute approximate surface area is 103 Å². The van der Waals surface area contributed by atoms with Crippen molar-refractivity contribution in [1.82, 2.24) is 9.97 Å². The first kappa shape index (κ1) is 13.2. The van der Waals surface area contributed by atoms with E-state index in [0.29, 0.717) is 11.9 Å². The van der Waals surface area contributed by atoms with Gasteiger partial charge in [0.05, 0.1) is 0 Å². The van der Waals surface area contributed by atoms with Crippen LogP contribution in [0.4, 0.5) is 5.82 Å². The maximum Gasteiger partial charge on any atom is 0.129 e. The first-order chi connectivity index (χ1) is 7.43. The molecule has 0 spiro atoms. The van der Waals surface area contributed by atoms with Gasteiger partial charge in [0.1, 0.15) is 11.6 Å². The van der Waals surface area contributed by atoms with Crippen LogP contribution in [-0.4, -0.2) is 21.9 Å². The zero-order chi connectivity index (χ0) is 12.2. The topological polar surface area (TPSA) is 37.8 Å². The van der Waals surface area contributed by atoms with Crippen LogP contribution in [0.2, 0.25) is 0 Å². The van der Waals surface area contributed by atoms with E-state index < -0.39 is 0 Å². The monoisotopic (exact) mass is 241 g/mol. The van der Waals surface area contributed by atoms with Gasteiger partial charge in [0, 0.05) is 18.1 Å². The van der Waals surface area contributed by atoms with E-state index in [-0.39, 0.29) is 5.41 Å². The Morgan fingerprint density at radius 3 is 2.62 bits per heavy atom. The second-order valence-corrected chi connectivity index (χ2v) is 5.41. The predicted octanol–water partition coefficient (Wildman–Crippen LogP) is 3.24. The normalized spacial score (nSPS) is 13.6.